The highest BCUT2D eigenvalue weighted by atomic mass is 35.5. The van der Waals surface area contributed by atoms with Gasteiger partial charge in [0.25, 0.3) is 0 Å². The number of rotatable bonds is 2. The molecule has 0 aromatic heterocycles. The molecule has 0 spiro atoms. The average molecular weight is 244 g/mol. The van der Waals surface area contributed by atoms with Crippen molar-refractivity contribution >= 4 is 34.6 Å². The third kappa shape index (κ3) is 3.34. The lowest BCUT2D eigenvalue weighted by atomic mass is 10.2. The molecule has 0 aliphatic rings. The van der Waals surface area contributed by atoms with Crippen LogP contribution >= 0.6 is 23.8 Å². The van der Waals surface area contributed by atoms with E-state index in [4.69, 9.17) is 23.8 Å². The van der Waals surface area contributed by atoms with Gasteiger partial charge in [0.05, 0.1) is 0 Å². The summed E-state index contributed by atoms with van der Waals surface area (Å²) in [6.45, 7) is 1.98. The van der Waals surface area contributed by atoms with E-state index < -0.39 is 0 Å². The van der Waals surface area contributed by atoms with Gasteiger partial charge in [-0.3, -0.25) is 5.01 Å². The summed E-state index contributed by atoms with van der Waals surface area (Å²) in [6.07, 6.45) is 0. The first-order valence-electron chi connectivity index (χ1n) is 4.53. The molecule has 1 aromatic rings. The lowest BCUT2D eigenvalue weighted by molar-refractivity contribution is 0.416. The van der Waals surface area contributed by atoms with Crippen LogP contribution in [-0.2, 0) is 0 Å². The predicted molar refractivity (Wildman–Crippen MR) is 69.2 cm³/mol. The molecule has 0 saturated heterocycles. The molecule has 0 aliphatic carbocycles. The largest absolute Gasteiger partial charge is 0.331 e. The summed E-state index contributed by atoms with van der Waals surface area (Å²) >= 11 is 11.0. The minimum atomic E-state index is 0.614. The Bertz CT molecular complexity index is 368. The van der Waals surface area contributed by atoms with Crippen molar-refractivity contribution in [1.82, 2.24) is 10.4 Å². The molecule has 82 valence electrons. The van der Waals surface area contributed by atoms with E-state index >= 15 is 0 Å². The standard InChI is InChI=1S/C10H14ClN3S/c1-7-6-8(11)4-5-9(7)13-10(15)14(3)12-2/h4-6,12H,1-3H3,(H,13,15). The number of benzene rings is 1. The van der Waals surface area contributed by atoms with Gasteiger partial charge in [0.15, 0.2) is 5.11 Å². The number of hydrogen-bond donors (Lipinski definition) is 2. The van der Waals surface area contributed by atoms with Crippen molar-refractivity contribution in [2.45, 2.75) is 6.92 Å². The van der Waals surface area contributed by atoms with Crippen LogP contribution in [0.4, 0.5) is 5.69 Å². The van der Waals surface area contributed by atoms with Gasteiger partial charge in [-0.2, -0.15) is 0 Å². The first-order chi connectivity index (χ1) is 7.04. The number of nitrogens with one attached hydrogen (secondary N) is 2. The Kier molecular flexibility index (Phi) is 4.32. The summed E-state index contributed by atoms with van der Waals surface area (Å²) in [5, 5.41) is 6.19. The van der Waals surface area contributed by atoms with E-state index in [9.17, 15) is 0 Å². The van der Waals surface area contributed by atoms with E-state index in [-0.39, 0.29) is 0 Å². The van der Waals surface area contributed by atoms with Crippen LogP contribution in [0.2, 0.25) is 5.02 Å². The first kappa shape index (κ1) is 12.2. The quantitative estimate of drug-likeness (QED) is 0.616. The minimum Gasteiger partial charge on any atom is -0.331 e. The number of hydrazine groups is 1. The van der Waals surface area contributed by atoms with Crippen molar-refractivity contribution in [2.75, 3.05) is 19.4 Å². The fourth-order valence-corrected chi connectivity index (χ4v) is 1.50. The SMILES string of the molecule is CNN(C)C(=S)Nc1ccc(Cl)cc1C. The molecule has 0 amide bonds. The third-order valence-corrected chi connectivity index (χ3v) is 2.68. The van der Waals surface area contributed by atoms with E-state index in [2.05, 4.69) is 10.7 Å². The summed E-state index contributed by atoms with van der Waals surface area (Å²) in [5.74, 6) is 0. The molecule has 5 heteroatoms. The molecule has 15 heavy (non-hydrogen) atoms. The Morgan fingerprint density at radius 3 is 2.67 bits per heavy atom. The molecule has 1 aromatic carbocycles. The Balaban J connectivity index is 2.77. The van der Waals surface area contributed by atoms with Crippen LogP contribution in [0.1, 0.15) is 5.56 Å². The molecule has 0 unspecified atom stereocenters. The number of aryl methyl sites for hydroxylation is 1. The van der Waals surface area contributed by atoms with Crippen molar-refractivity contribution in [3.8, 4) is 0 Å². The molecule has 3 nitrogen and oxygen atoms in total. The van der Waals surface area contributed by atoms with Crippen molar-refractivity contribution in [2.24, 2.45) is 0 Å². The van der Waals surface area contributed by atoms with Gasteiger partial charge in [-0.25, -0.2) is 5.43 Å². The monoisotopic (exact) mass is 243 g/mol. The van der Waals surface area contributed by atoms with Gasteiger partial charge in [0.2, 0.25) is 0 Å². The smallest absolute Gasteiger partial charge is 0.187 e. The molecule has 2 N–H and O–H groups in total. The first-order valence-corrected chi connectivity index (χ1v) is 5.31. The highest BCUT2D eigenvalue weighted by Crippen LogP contribution is 2.19. The summed E-state index contributed by atoms with van der Waals surface area (Å²) in [6, 6.07) is 5.64. The lowest BCUT2D eigenvalue weighted by Crippen LogP contribution is -2.39. The van der Waals surface area contributed by atoms with E-state index in [1.165, 1.54) is 0 Å². The number of nitrogens with zero attached hydrogens (tertiary/aromatic N) is 1. The highest BCUT2D eigenvalue weighted by Gasteiger charge is 2.04. The lowest BCUT2D eigenvalue weighted by Gasteiger charge is -2.20. The highest BCUT2D eigenvalue weighted by molar-refractivity contribution is 7.80. The molecule has 0 atom stereocenters. The molecule has 0 heterocycles. The zero-order chi connectivity index (χ0) is 11.4. The van der Waals surface area contributed by atoms with Gasteiger partial charge in [0.1, 0.15) is 0 Å². The van der Waals surface area contributed by atoms with E-state index in [0.29, 0.717) is 5.11 Å². The Hall–Kier alpha value is -0.840. The van der Waals surface area contributed by atoms with E-state index in [1.807, 2.05) is 39.2 Å². The topological polar surface area (TPSA) is 27.3 Å². The fraction of sp³-hybridized carbons (Fsp3) is 0.300. The minimum absolute atomic E-state index is 0.614. The van der Waals surface area contributed by atoms with Crippen LogP contribution in [0.5, 0.6) is 0 Å². The second-order valence-corrected chi connectivity index (χ2v) is 4.00. The van der Waals surface area contributed by atoms with Gasteiger partial charge in [0, 0.05) is 24.8 Å². The molecule has 0 aliphatic heterocycles. The van der Waals surface area contributed by atoms with Gasteiger partial charge in [-0.05, 0) is 42.9 Å². The molecule has 0 fully saturated rings. The van der Waals surface area contributed by atoms with Crippen LogP contribution < -0.4 is 10.7 Å². The van der Waals surface area contributed by atoms with Crippen LogP contribution in [0.3, 0.4) is 0 Å². The molecular weight excluding hydrogens is 230 g/mol. The fourth-order valence-electron chi connectivity index (χ4n) is 1.07. The summed E-state index contributed by atoms with van der Waals surface area (Å²) < 4.78 is 0. The van der Waals surface area contributed by atoms with Gasteiger partial charge >= 0.3 is 0 Å². The number of halogens is 1. The van der Waals surface area contributed by atoms with Crippen LogP contribution in [0, 0.1) is 6.92 Å². The van der Waals surface area contributed by atoms with E-state index in [1.54, 1.807) is 5.01 Å². The molecule has 0 saturated carbocycles. The number of hydrogen-bond acceptors (Lipinski definition) is 2. The summed E-state index contributed by atoms with van der Waals surface area (Å²) in [4.78, 5) is 0. The maximum absolute atomic E-state index is 5.86. The molecule has 1 rings (SSSR count). The van der Waals surface area contributed by atoms with Crippen molar-refractivity contribution in [1.29, 1.82) is 0 Å². The Labute approximate surface area is 100 Å². The maximum Gasteiger partial charge on any atom is 0.187 e. The zero-order valence-corrected chi connectivity index (χ0v) is 10.5. The van der Waals surface area contributed by atoms with Gasteiger partial charge in [-0.15, -0.1) is 0 Å². The molecule has 0 radical (unpaired) electrons. The van der Waals surface area contributed by atoms with Crippen molar-refractivity contribution in [3.63, 3.8) is 0 Å². The van der Waals surface area contributed by atoms with Gasteiger partial charge in [-0.1, -0.05) is 11.6 Å². The van der Waals surface area contributed by atoms with Crippen LogP contribution in [-0.4, -0.2) is 24.2 Å². The van der Waals surface area contributed by atoms with Crippen LogP contribution in [0.15, 0.2) is 18.2 Å². The van der Waals surface area contributed by atoms with Crippen molar-refractivity contribution < 1.29 is 0 Å². The molecule has 0 bridgehead atoms. The van der Waals surface area contributed by atoms with Crippen molar-refractivity contribution in [3.05, 3.63) is 28.8 Å². The third-order valence-electron chi connectivity index (χ3n) is 2.07. The Morgan fingerprint density at radius 1 is 1.47 bits per heavy atom. The number of anilines is 1. The summed E-state index contributed by atoms with van der Waals surface area (Å²) in [5.41, 5.74) is 4.95. The average Bonchev–Trinajstić information content (AvgIpc) is 2.20. The zero-order valence-electron chi connectivity index (χ0n) is 8.97. The van der Waals surface area contributed by atoms with E-state index in [0.717, 1.165) is 16.3 Å². The summed E-state index contributed by atoms with van der Waals surface area (Å²) in [7, 11) is 3.66. The predicted octanol–water partition coefficient (Wildman–Crippen LogP) is 2.41. The Morgan fingerprint density at radius 2 is 2.13 bits per heavy atom. The molecular formula is C10H14ClN3S. The second-order valence-electron chi connectivity index (χ2n) is 3.17. The van der Waals surface area contributed by atoms with Crippen LogP contribution in [0.25, 0.3) is 0 Å². The number of thiocarbonyl (C=S) groups is 1. The normalized spacial score (nSPS) is 9.87. The maximum atomic E-state index is 5.86. The van der Waals surface area contributed by atoms with Gasteiger partial charge < -0.3 is 5.32 Å². The second kappa shape index (κ2) is 5.30.